The van der Waals surface area contributed by atoms with Gasteiger partial charge in [0.25, 0.3) is 0 Å². The third-order valence-corrected chi connectivity index (χ3v) is 4.44. The SMILES string of the molecule is COc1ccc(OC)c2c1C[NH2+]C[C@H]2[NH+]1CCOCC1. The van der Waals surface area contributed by atoms with E-state index in [9.17, 15) is 0 Å². The lowest BCUT2D eigenvalue weighted by molar-refractivity contribution is -0.954. The second kappa shape index (κ2) is 5.99. The minimum atomic E-state index is 0.465. The summed E-state index contributed by atoms with van der Waals surface area (Å²) in [5.74, 6) is 1.98. The number of ether oxygens (including phenoxy) is 3. The molecule has 0 bridgehead atoms. The molecule has 3 rings (SSSR count). The molecule has 1 aromatic rings. The molecule has 0 radical (unpaired) electrons. The van der Waals surface area contributed by atoms with Crippen LogP contribution in [0.1, 0.15) is 17.2 Å². The number of hydrogen-bond donors (Lipinski definition) is 2. The standard InChI is InChI=1S/C15H22N2O3/c1-18-13-3-4-14(19-2)15-11(13)9-16-10-12(15)17-5-7-20-8-6-17/h3-4,12,16H,5-10H2,1-2H3/p+2/t12-/m1/s1. The number of rotatable bonds is 3. The average molecular weight is 280 g/mol. The Morgan fingerprint density at radius 3 is 2.55 bits per heavy atom. The zero-order valence-corrected chi connectivity index (χ0v) is 12.3. The zero-order chi connectivity index (χ0) is 13.9. The van der Waals surface area contributed by atoms with Crippen LogP contribution in [-0.2, 0) is 11.3 Å². The van der Waals surface area contributed by atoms with Gasteiger partial charge in [-0.25, -0.2) is 0 Å². The first kappa shape index (κ1) is 13.7. The van der Waals surface area contributed by atoms with E-state index in [2.05, 4.69) is 5.32 Å². The van der Waals surface area contributed by atoms with Crippen molar-refractivity contribution in [2.75, 3.05) is 47.1 Å². The van der Waals surface area contributed by atoms with E-state index in [0.29, 0.717) is 6.04 Å². The van der Waals surface area contributed by atoms with Gasteiger partial charge in [0.1, 0.15) is 37.7 Å². The number of benzene rings is 1. The maximum absolute atomic E-state index is 5.62. The van der Waals surface area contributed by atoms with Crippen LogP contribution in [0.25, 0.3) is 0 Å². The van der Waals surface area contributed by atoms with Gasteiger partial charge in [-0.3, -0.25) is 0 Å². The first-order valence-corrected chi connectivity index (χ1v) is 7.33. The van der Waals surface area contributed by atoms with Crippen molar-refractivity contribution in [2.24, 2.45) is 0 Å². The van der Waals surface area contributed by atoms with Crippen LogP contribution in [0, 0.1) is 0 Å². The second-order valence-electron chi connectivity index (χ2n) is 5.41. The predicted octanol–water partition coefficient (Wildman–Crippen LogP) is -1.26. The van der Waals surface area contributed by atoms with Crippen LogP contribution in [0.5, 0.6) is 11.5 Å². The summed E-state index contributed by atoms with van der Waals surface area (Å²) in [4.78, 5) is 1.60. The van der Waals surface area contributed by atoms with Crippen LogP contribution >= 0.6 is 0 Å². The van der Waals surface area contributed by atoms with E-state index in [4.69, 9.17) is 14.2 Å². The molecule has 20 heavy (non-hydrogen) atoms. The van der Waals surface area contributed by atoms with E-state index in [0.717, 1.165) is 50.9 Å². The third kappa shape index (κ3) is 2.37. The summed E-state index contributed by atoms with van der Waals surface area (Å²) in [5.41, 5.74) is 2.63. The molecule has 2 aliphatic heterocycles. The molecule has 5 nitrogen and oxygen atoms in total. The van der Waals surface area contributed by atoms with Crippen LogP contribution in [-0.4, -0.2) is 47.1 Å². The highest BCUT2D eigenvalue weighted by Crippen LogP contribution is 2.34. The third-order valence-electron chi connectivity index (χ3n) is 4.44. The number of quaternary nitrogens is 2. The first-order chi connectivity index (χ1) is 9.85. The lowest BCUT2D eigenvalue weighted by Gasteiger charge is -2.34. The minimum Gasteiger partial charge on any atom is -0.496 e. The summed E-state index contributed by atoms with van der Waals surface area (Å²) in [6, 6.07) is 4.52. The Kier molecular flexibility index (Phi) is 4.10. The molecule has 0 saturated carbocycles. The molecule has 0 aromatic heterocycles. The summed E-state index contributed by atoms with van der Waals surface area (Å²) in [7, 11) is 3.50. The number of nitrogens with one attached hydrogen (secondary N) is 1. The highest BCUT2D eigenvalue weighted by atomic mass is 16.5. The molecule has 3 N–H and O–H groups in total. The van der Waals surface area contributed by atoms with E-state index in [1.807, 2.05) is 12.1 Å². The summed E-state index contributed by atoms with van der Waals surface area (Å²) < 4.78 is 16.7. The molecular weight excluding hydrogens is 256 g/mol. The quantitative estimate of drug-likeness (QED) is 0.726. The van der Waals surface area contributed by atoms with Crippen LogP contribution < -0.4 is 19.7 Å². The molecule has 0 aliphatic carbocycles. The molecule has 0 unspecified atom stereocenters. The van der Waals surface area contributed by atoms with Crippen molar-refractivity contribution in [3.8, 4) is 11.5 Å². The zero-order valence-electron chi connectivity index (χ0n) is 12.3. The Morgan fingerprint density at radius 2 is 1.85 bits per heavy atom. The first-order valence-electron chi connectivity index (χ1n) is 7.33. The molecule has 1 aromatic carbocycles. The maximum Gasteiger partial charge on any atom is 0.167 e. The molecule has 1 fully saturated rings. The van der Waals surface area contributed by atoms with Gasteiger partial charge in [-0.15, -0.1) is 0 Å². The molecule has 0 amide bonds. The largest absolute Gasteiger partial charge is 0.496 e. The van der Waals surface area contributed by atoms with Crippen molar-refractivity contribution >= 4 is 0 Å². The summed E-state index contributed by atoms with van der Waals surface area (Å²) in [6.07, 6.45) is 0. The van der Waals surface area contributed by atoms with Crippen LogP contribution in [0.2, 0.25) is 0 Å². The van der Waals surface area contributed by atoms with Gasteiger partial charge in [-0.05, 0) is 12.1 Å². The fourth-order valence-electron chi connectivity index (χ4n) is 3.45. The average Bonchev–Trinajstić information content (AvgIpc) is 2.54. The molecule has 0 spiro atoms. The van der Waals surface area contributed by atoms with Gasteiger partial charge in [0, 0.05) is 0 Å². The van der Waals surface area contributed by atoms with Gasteiger partial charge in [0.05, 0.1) is 38.6 Å². The molecule has 2 heterocycles. The van der Waals surface area contributed by atoms with Gasteiger partial charge >= 0.3 is 0 Å². The Bertz CT molecular complexity index is 472. The molecule has 110 valence electrons. The Morgan fingerprint density at radius 1 is 1.15 bits per heavy atom. The van der Waals surface area contributed by atoms with Crippen molar-refractivity contribution in [1.29, 1.82) is 0 Å². The fraction of sp³-hybridized carbons (Fsp3) is 0.600. The van der Waals surface area contributed by atoms with Crippen LogP contribution in [0.4, 0.5) is 0 Å². The number of fused-ring (bicyclic) bond motifs is 1. The van der Waals surface area contributed by atoms with Crippen molar-refractivity contribution in [3.05, 3.63) is 23.3 Å². The number of methoxy groups -OCH3 is 2. The lowest BCUT2D eigenvalue weighted by Crippen LogP contribution is -3.17. The maximum atomic E-state index is 5.62. The molecular formula is C15H24N2O3+2. The van der Waals surface area contributed by atoms with Crippen molar-refractivity contribution in [2.45, 2.75) is 12.6 Å². The van der Waals surface area contributed by atoms with E-state index in [1.54, 1.807) is 19.1 Å². The van der Waals surface area contributed by atoms with Crippen molar-refractivity contribution in [1.82, 2.24) is 0 Å². The topological polar surface area (TPSA) is 48.7 Å². The highest BCUT2D eigenvalue weighted by molar-refractivity contribution is 5.50. The smallest absolute Gasteiger partial charge is 0.167 e. The number of nitrogens with two attached hydrogens (primary N) is 1. The van der Waals surface area contributed by atoms with E-state index in [1.165, 1.54) is 11.1 Å². The van der Waals surface area contributed by atoms with Gasteiger partial charge < -0.3 is 24.4 Å². The van der Waals surface area contributed by atoms with Crippen molar-refractivity contribution in [3.63, 3.8) is 0 Å². The van der Waals surface area contributed by atoms with Crippen LogP contribution in [0.3, 0.4) is 0 Å². The van der Waals surface area contributed by atoms with Gasteiger partial charge in [-0.1, -0.05) is 0 Å². The summed E-state index contributed by atoms with van der Waals surface area (Å²) >= 11 is 0. The Labute approximate surface area is 119 Å². The van der Waals surface area contributed by atoms with Gasteiger partial charge in [-0.2, -0.15) is 0 Å². The van der Waals surface area contributed by atoms with Crippen LogP contribution in [0.15, 0.2) is 12.1 Å². The predicted molar refractivity (Wildman–Crippen MR) is 74.3 cm³/mol. The second-order valence-corrected chi connectivity index (χ2v) is 5.41. The number of hydrogen-bond acceptors (Lipinski definition) is 3. The minimum absolute atomic E-state index is 0.465. The number of morpholine rings is 1. The van der Waals surface area contributed by atoms with Gasteiger partial charge in [0.2, 0.25) is 0 Å². The van der Waals surface area contributed by atoms with E-state index < -0.39 is 0 Å². The molecule has 1 atom stereocenters. The molecule has 1 saturated heterocycles. The molecule has 2 aliphatic rings. The van der Waals surface area contributed by atoms with Crippen molar-refractivity contribution < 1.29 is 24.4 Å². The normalized spacial score (nSPS) is 23.2. The highest BCUT2D eigenvalue weighted by Gasteiger charge is 2.36. The molecule has 5 heteroatoms. The monoisotopic (exact) mass is 280 g/mol. The van der Waals surface area contributed by atoms with E-state index in [-0.39, 0.29) is 0 Å². The summed E-state index contributed by atoms with van der Waals surface area (Å²) in [5, 5.41) is 2.37. The van der Waals surface area contributed by atoms with E-state index >= 15 is 0 Å². The lowest BCUT2D eigenvalue weighted by atomic mass is 9.93. The Hall–Kier alpha value is -1.30. The Balaban J connectivity index is 2.01. The summed E-state index contributed by atoms with van der Waals surface area (Å²) in [6.45, 7) is 5.92. The van der Waals surface area contributed by atoms with Gasteiger partial charge in [0.15, 0.2) is 6.04 Å². The fourth-order valence-corrected chi connectivity index (χ4v) is 3.45.